The SMILES string of the molecule is O=C(/C=C/c1ccc(CN(CCOC(=O)NCc2cccs2)CCc2c[nH]c3ccccc23)cc1)NO. The topological polar surface area (TPSA) is 107 Å². The lowest BCUT2D eigenvalue weighted by atomic mass is 10.1. The number of aromatic nitrogens is 1. The number of hydrogen-bond acceptors (Lipinski definition) is 6. The lowest BCUT2D eigenvalue weighted by Gasteiger charge is -2.22. The van der Waals surface area contributed by atoms with Crippen LogP contribution in [0.2, 0.25) is 0 Å². The van der Waals surface area contributed by atoms with Crippen molar-refractivity contribution in [3.05, 3.63) is 99.9 Å². The maximum Gasteiger partial charge on any atom is 0.407 e. The summed E-state index contributed by atoms with van der Waals surface area (Å²) >= 11 is 1.59. The van der Waals surface area contributed by atoms with E-state index in [4.69, 9.17) is 9.94 Å². The summed E-state index contributed by atoms with van der Waals surface area (Å²) in [7, 11) is 0. The number of thiophene rings is 1. The molecule has 0 saturated heterocycles. The summed E-state index contributed by atoms with van der Waals surface area (Å²) < 4.78 is 5.44. The molecule has 0 atom stereocenters. The molecular formula is C28H30N4O4S. The van der Waals surface area contributed by atoms with Crippen molar-refractivity contribution >= 4 is 40.3 Å². The number of H-pyrrole nitrogens is 1. The summed E-state index contributed by atoms with van der Waals surface area (Å²) in [6.45, 7) is 2.81. The van der Waals surface area contributed by atoms with Crippen molar-refractivity contribution in [2.24, 2.45) is 0 Å². The number of hydrogen-bond donors (Lipinski definition) is 4. The first kappa shape index (κ1) is 26.2. The van der Waals surface area contributed by atoms with Crippen LogP contribution in [0.1, 0.15) is 21.6 Å². The average molecular weight is 519 g/mol. The Hall–Kier alpha value is -3.92. The highest BCUT2D eigenvalue weighted by atomic mass is 32.1. The maximum absolute atomic E-state index is 12.1. The molecule has 0 aliphatic rings. The van der Waals surface area contributed by atoms with Crippen molar-refractivity contribution in [3.8, 4) is 0 Å². The lowest BCUT2D eigenvalue weighted by molar-refractivity contribution is -0.124. The van der Waals surface area contributed by atoms with Gasteiger partial charge in [0.1, 0.15) is 6.61 Å². The van der Waals surface area contributed by atoms with Crippen LogP contribution in [0.3, 0.4) is 0 Å². The number of aromatic amines is 1. The third-order valence-electron chi connectivity index (χ3n) is 5.92. The first-order valence-electron chi connectivity index (χ1n) is 12.0. The Morgan fingerprint density at radius 3 is 2.68 bits per heavy atom. The van der Waals surface area contributed by atoms with E-state index < -0.39 is 12.0 Å². The third-order valence-corrected chi connectivity index (χ3v) is 6.80. The van der Waals surface area contributed by atoms with E-state index >= 15 is 0 Å². The number of para-hydroxylation sites is 1. The molecule has 192 valence electrons. The summed E-state index contributed by atoms with van der Waals surface area (Å²) in [5.74, 6) is -0.577. The Bertz CT molecular complexity index is 1320. The van der Waals surface area contributed by atoms with Gasteiger partial charge in [-0.05, 0) is 46.7 Å². The Balaban J connectivity index is 1.35. The molecular weight excluding hydrogens is 488 g/mol. The van der Waals surface area contributed by atoms with Crippen LogP contribution in [-0.2, 0) is 29.0 Å². The van der Waals surface area contributed by atoms with Crippen LogP contribution in [0.25, 0.3) is 17.0 Å². The van der Waals surface area contributed by atoms with Gasteiger partial charge in [0.2, 0.25) is 0 Å². The number of carbonyl (C=O) groups excluding carboxylic acids is 2. The molecule has 0 radical (unpaired) electrons. The number of nitrogens with one attached hydrogen (secondary N) is 3. The van der Waals surface area contributed by atoms with Crippen molar-refractivity contribution < 1.29 is 19.5 Å². The number of alkyl carbamates (subject to hydrolysis) is 1. The van der Waals surface area contributed by atoms with Crippen LogP contribution in [0.4, 0.5) is 4.79 Å². The van der Waals surface area contributed by atoms with E-state index in [1.54, 1.807) is 22.9 Å². The van der Waals surface area contributed by atoms with Gasteiger partial charge in [-0.15, -0.1) is 11.3 Å². The van der Waals surface area contributed by atoms with Crippen LogP contribution < -0.4 is 10.8 Å². The van der Waals surface area contributed by atoms with Gasteiger partial charge in [-0.1, -0.05) is 48.5 Å². The molecule has 4 rings (SSSR count). The van der Waals surface area contributed by atoms with Gasteiger partial charge in [0.05, 0.1) is 6.54 Å². The van der Waals surface area contributed by atoms with E-state index in [9.17, 15) is 9.59 Å². The Labute approximate surface area is 219 Å². The minimum Gasteiger partial charge on any atom is -0.448 e. The van der Waals surface area contributed by atoms with Crippen molar-refractivity contribution in [1.82, 2.24) is 20.7 Å². The Kier molecular flexibility index (Phi) is 9.47. The number of fused-ring (bicyclic) bond motifs is 1. The number of nitrogens with zero attached hydrogens (tertiary/aromatic N) is 1. The number of rotatable bonds is 12. The molecule has 9 heteroatoms. The summed E-state index contributed by atoms with van der Waals surface area (Å²) in [6.07, 6.45) is 5.39. The standard InChI is InChI=1S/C28H30N4O4S/c33-27(31-35)12-11-21-7-9-22(10-8-21)20-32(14-13-23-18-29-26-6-2-1-5-25(23)26)15-16-36-28(34)30-19-24-4-3-17-37-24/h1-12,17-18,29,35H,13-16,19-20H2,(H,30,34)(H,31,33)/b12-11+. The van der Waals surface area contributed by atoms with Crippen molar-refractivity contribution in [2.45, 2.75) is 19.5 Å². The molecule has 0 aliphatic heterocycles. The quantitative estimate of drug-likeness (QED) is 0.123. The minimum atomic E-state index is -0.577. The van der Waals surface area contributed by atoms with Crippen LogP contribution in [0.5, 0.6) is 0 Å². The second kappa shape index (κ2) is 13.4. The summed E-state index contributed by atoms with van der Waals surface area (Å²) in [4.78, 5) is 30.0. The highest BCUT2D eigenvalue weighted by Crippen LogP contribution is 2.19. The Morgan fingerprint density at radius 1 is 1.05 bits per heavy atom. The maximum atomic E-state index is 12.1. The van der Waals surface area contributed by atoms with Gasteiger partial charge >= 0.3 is 6.09 Å². The lowest BCUT2D eigenvalue weighted by Crippen LogP contribution is -2.32. The van der Waals surface area contributed by atoms with Gasteiger partial charge < -0.3 is 15.0 Å². The highest BCUT2D eigenvalue weighted by Gasteiger charge is 2.11. The zero-order valence-corrected chi connectivity index (χ0v) is 21.2. The van der Waals surface area contributed by atoms with Gasteiger partial charge in [-0.2, -0.15) is 0 Å². The first-order valence-corrected chi connectivity index (χ1v) is 12.9. The van der Waals surface area contributed by atoms with Crippen molar-refractivity contribution in [1.29, 1.82) is 0 Å². The normalized spacial score (nSPS) is 11.3. The first-order chi connectivity index (χ1) is 18.1. The van der Waals surface area contributed by atoms with Gasteiger partial charge in [0, 0.05) is 47.7 Å². The van der Waals surface area contributed by atoms with Crippen LogP contribution >= 0.6 is 11.3 Å². The molecule has 0 unspecified atom stereocenters. The number of carbonyl (C=O) groups is 2. The van der Waals surface area contributed by atoms with Crippen LogP contribution in [-0.4, -0.2) is 46.8 Å². The van der Waals surface area contributed by atoms with E-state index in [-0.39, 0.29) is 6.61 Å². The molecule has 2 heterocycles. The molecule has 4 N–H and O–H groups in total. The molecule has 2 aromatic heterocycles. The van der Waals surface area contributed by atoms with Gasteiger partial charge in [-0.3, -0.25) is 14.9 Å². The molecule has 4 aromatic rings. The number of benzene rings is 2. The highest BCUT2D eigenvalue weighted by molar-refractivity contribution is 7.09. The van der Waals surface area contributed by atoms with Crippen molar-refractivity contribution in [3.63, 3.8) is 0 Å². The molecule has 2 amide bonds. The smallest absolute Gasteiger partial charge is 0.407 e. The molecule has 37 heavy (non-hydrogen) atoms. The largest absolute Gasteiger partial charge is 0.448 e. The van der Waals surface area contributed by atoms with Gasteiger partial charge in [0.15, 0.2) is 0 Å². The predicted octanol–water partition coefficient (Wildman–Crippen LogP) is 4.72. The fourth-order valence-corrected chi connectivity index (χ4v) is 4.62. The van der Waals surface area contributed by atoms with Gasteiger partial charge in [-0.25, -0.2) is 10.3 Å². The summed E-state index contributed by atoms with van der Waals surface area (Å²) in [5, 5.41) is 14.6. The van der Waals surface area contributed by atoms with E-state index in [1.807, 2.05) is 53.9 Å². The molecule has 0 fully saturated rings. The van der Waals surface area contributed by atoms with Crippen LogP contribution in [0, 0.1) is 0 Å². The van der Waals surface area contributed by atoms with E-state index in [2.05, 4.69) is 33.5 Å². The van der Waals surface area contributed by atoms with E-state index in [0.29, 0.717) is 19.6 Å². The zero-order valence-electron chi connectivity index (χ0n) is 20.4. The van der Waals surface area contributed by atoms with E-state index in [1.165, 1.54) is 17.0 Å². The minimum absolute atomic E-state index is 0.279. The molecule has 8 nitrogen and oxygen atoms in total. The average Bonchev–Trinajstić information content (AvgIpc) is 3.60. The molecule has 0 saturated carbocycles. The third kappa shape index (κ3) is 8.04. The number of ether oxygens (including phenoxy) is 1. The number of hydroxylamine groups is 1. The predicted molar refractivity (Wildman–Crippen MR) is 145 cm³/mol. The molecule has 2 aromatic carbocycles. The Morgan fingerprint density at radius 2 is 1.89 bits per heavy atom. The molecule has 0 aliphatic carbocycles. The second-order valence-electron chi connectivity index (χ2n) is 8.51. The van der Waals surface area contributed by atoms with Crippen molar-refractivity contribution in [2.75, 3.05) is 19.7 Å². The van der Waals surface area contributed by atoms with Gasteiger partial charge in [0.25, 0.3) is 5.91 Å². The summed E-state index contributed by atoms with van der Waals surface area (Å²) in [6, 6.07) is 20.0. The fraction of sp³-hybridized carbons (Fsp3) is 0.214. The molecule has 0 spiro atoms. The van der Waals surface area contributed by atoms with Crippen LogP contribution in [0.15, 0.2) is 78.3 Å². The summed E-state index contributed by atoms with van der Waals surface area (Å²) in [5.41, 5.74) is 5.90. The fourth-order valence-electron chi connectivity index (χ4n) is 3.98. The zero-order chi connectivity index (χ0) is 25.9. The molecule has 0 bridgehead atoms. The number of amides is 2. The second-order valence-corrected chi connectivity index (χ2v) is 9.54. The monoisotopic (exact) mass is 518 g/mol. The van der Waals surface area contributed by atoms with E-state index in [0.717, 1.165) is 34.5 Å².